The molecular formula is C38H38ClN3O5. The van der Waals surface area contributed by atoms with Crippen molar-refractivity contribution in [3.63, 3.8) is 0 Å². The number of para-hydroxylation sites is 1. The average Bonchev–Trinajstić information content (AvgIpc) is 3.38. The molecule has 2 fully saturated rings. The highest BCUT2D eigenvalue weighted by Gasteiger charge is 2.76. The SMILES string of the molecule is CC[C@]12C=CCN(Cc3ccccc3)C(=O)[C@H]1[C@H]1C(=O)N([C@H](CO)c3ccccc3)C3C(=O)N(c4c(C)cccc4Cl)CC=C[C@@]31O2. The van der Waals surface area contributed by atoms with E-state index in [-0.39, 0.29) is 18.4 Å². The third-order valence-electron chi connectivity index (χ3n) is 10.3. The lowest BCUT2D eigenvalue weighted by atomic mass is 9.73. The second kappa shape index (κ2) is 12.1. The van der Waals surface area contributed by atoms with E-state index in [0.29, 0.717) is 35.8 Å². The summed E-state index contributed by atoms with van der Waals surface area (Å²) < 4.78 is 7.15. The number of amides is 3. The normalized spacial score (nSPS) is 29.0. The summed E-state index contributed by atoms with van der Waals surface area (Å²) in [6.07, 6.45) is 7.99. The quantitative estimate of drug-likeness (QED) is 0.353. The molecule has 47 heavy (non-hydrogen) atoms. The lowest BCUT2D eigenvalue weighted by Gasteiger charge is -2.41. The van der Waals surface area contributed by atoms with Gasteiger partial charge in [-0.3, -0.25) is 14.4 Å². The van der Waals surface area contributed by atoms with Gasteiger partial charge in [0.2, 0.25) is 11.8 Å². The van der Waals surface area contributed by atoms with Crippen LogP contribution >= 0.6 is 11.6 Å². The molecule has 4 aliphatic rings. The molecule has 0 aromatic heterocycles. The summed E-state index contributed by atoms with van der Waals surface area (Å²) in [7, 11) is 0. The number of carbonyl (C=O) groups excluding carboxylic acids is 3. The first-order valence-electron chi connectivity index (χ1n) is 16.2. The van der Waals surface area contributed by atoms with Gasteiger partial charge in [-0.1, -0.05) is 116 Å². The van der Waals surface area contributed by atoms with Gasteiger partial charge in [0.1, 0.15) is 11.6 Å². The van der Waals surface area contributed by atoms with Crippen molar-refractivity contribution in [2.75, 3.05) is 24.6 Å². The van der Waals surface area contributed by atoms with E-state index in [1.54, 1.807) is 15.9 Å². The number of carbonyl (C=O) groups is 3. The molecule has 8 nitrogen and oxygen atoms in total. The Morgan fingerprint density at radius 3 is 2.26 bits per heavy atom. The average molecular weight is 652 g/mol. The van der Waals surface area contributed by atoms with Crippen LogP contribution in [0.4, 0.5) is 5.69 Å². The fourth-order valence-electron chi connectivity index (χ4n) is 8.23. The number of halogens is 1. The van der Waals surface area contributed by atoms with E-state index in [4.69, 9.17) is 16.3 Å². The van der Waals surface area contributed by atoms with Crippen LogP contribution in [0.15, 0.2) is 103 Å². The molecule has 0 aliphatic carbocycles. The van der Waals surface area contributed by atoms with Crippen LogP contribution in [0.25, 0.3) is 0 Å². The Bertz CT molecular complexity index is 1740. The minimum absolute atomic E-state index is 0.194. The number of fused-ring (bicyclic) bond motifs is 2. The minimum Gasteiger partial charge on any atom is -0.394 e. The monoisotopic (exact) mass is 651 g/mol. The molecule has 0 saturated carbocycles. The molecule has 9 heteroatoms. The summed E-state index contributed by atoms with van der Waals surface area (Å²) in [5, 5.41) is 11.3. The van der Waals surface area contributed by atoms with E-state index in [9.17, 15) is 9.90 Å². The molecule has 1 spiro atoms. The van der Waals surface area contributed by atoms with Crippen molar-refractivity contribution in [3.05, 3.63) is 125 Å². The maximum atomic E-state index is 15.1. The van der Waals surface area contributed by atoms with Gasteiger partial charge >= 0.3 is 0 Å². The van der Waals surface area contributed by atoms with E-state index in [1.807, 2.05) is 111 Å². The van der Waals surface area contributed by atoms with Crippen LogP contribution < -0.4 is 4.90 Å². The Balaban J connectivity index is 1.40. The molecule has 7 rings (SSSR count). The first kappa shape index (κ1) is 31.4. The molecule has 0 radical (unpaired) electrons. The molecular weight excluding hydrogens is 614 g/mol. The number of likely N-dealkylation sites (tertiary alicyclic amines) is 1. The summed E-state index contributed by atoms with van der Waals surface area (Å²) in [5.74, 6) is -2.86. The Morgan fingerprint density at radius 2 is 1.57 bits per heavy atom. The van der Waals surface area contributed by atoms with Gasteiger partial charge in [0.25, 0.3) is 5.91 Å². The number of nitrogens with zero attached hydrogens (tertiary/aromatic N) is 3. The largest absolute Gasteiger partial charge is 0.394 e. The molecule has 242 valence electrons. The maximum Gasteiger partial charge on any atom is 0.253 e. The van der Waals surface area contributed by atoms with E-state index in [2.05, 4.69) is 0 Å². The fourth-order valence-corrected chi connectivity index (χ4v) is 8.55. The van der Waals surface area contributed by atoms with Crippen molar-refractivity contribution in [2.24, 2.45) is 11.8 Å². The summed E-state index contributed by atoms with van der Waals surface area (Å²) in [5.41, 5.74) is 0.426. The van der Waals surface area contributed by atoms with Crippen LogP contribution in [0.5, 0.6) is 0 Å². The number of hydrogen-bond donors (Lipinski definition) is 1. The van der Waals surface area contributed by atoms with Crippen LogP contribution in [0, 0.1) is 18.8 Å². The Labute approximate surface area is 279 Å². The zero-order chi connectivity index (χ0) is 32.9. The predicted octanol–water partition coefficient (Wildman–Crippen LogP) is 5.24. The Hall–Kier alpha value is -4.24. The number of ether oxygens (including phenoxy) is 1. The zero-order valence-electron chi connectivity index (χ0n) is 26.5. The van der Waals surface area contributed by atoms with Crippen molar-refractivity contribution in [1.82, 2.24) is 9.80 Å². The van der Waals surface area contributed by atoms with Gasteiger partial charge < -0.3 is 24.5 Å². The number of rotatable bonds is 7. The smallest absolute Gasteiger partial charge is 0.253 e. The van der Waals surface area contributed by atoms with Crippen LogP contribution in [-0.2, 0) is 25.7 Å². The van der Waals surface area contributed by atoms with Crippen molar-refractivity contribution < 1.29 is 24.2 Å². The molecule has 3 aromatic rings. The maximum absolute atomic E-state index is 15.1. The topological polar surface area (TPSA) is 90.4 Å². The van der Waals surface area contributed by atoms with Gasteiger partial charge in [0, 0.05) is 19.6 Å². The summed E-state index contributed by atoms with van der Waals surface area (Å²) in [4.78, 5) is 49.8. The van der Waals surface area contributed by atoms with E-state index >= 15 is 9.59 Å². The van der Waals surface area contributed by atoms with Crippen LogP contribution in [0.2, 0.25) is 5.02 Å². The highest BCUT2D eigenvalue weighted by atomic mass is 35.5. The van der Waals surface area contributed by atoms with Crippen LogP contribution in [-0.4, -0.2) is 69.6 Å². The van der Waals surface area contributed by atoms with Crippen LogP contribution in [0.1, 0.15) is 36.1 Å². The highest BCUT2D eigenvalue weighted by molar-refractivity contribution is 6.34. The molecule has 4 heterocycles. The van der Waals surface area contributed by atoms with E-state index in [1.165, 1.54) is 4.90 Å². The first-order chi connectivity index (χ1) is 22.8. The lowest BCUT2D eigenvalue weighted by molar-refractivity contribution is -0.153. The van der Waals surface area contributed by atoms with Gasteiger partial charge in [-0.15, -0.1) is 0 Å². The van der Waals surface area contributed by atoms with E-state index < -0.39 is 47.6 Å². The second-order valence-electron chi connectivity index (χ2n) is 12.8. The van der Waals surface area contributed by atoms with Crippen molar-refractivity contribution in [1.29, 1.82) is 0 Å². The number of aryl methyl sites for hydroxylation is 1. The standard InChI is InChI=1S/C38H38ClN3O5/c1-3-37-19-11-21-40(23-26-14-6-4-7-15-26)34(44)30(37)31-35(45)42(29(24-43)27-16-8-5-9-17-27)33-36(46)41(22-12-20-38(31,33)47-37)32-25(2)13-10-18-28(32)39/h4-20,29-31,33,43H,3,21-24H2,1-2H3/t29-,30-,31+,33?,37+,38+/m1/s1. The number of aliphatic hydroxyl groups is 1. The molecule has 3 aromatic carbocycles. The minimum atomic E-state index is -1.48. The summed E-state index contributed by atoms with van der Waals surface area (Å²) in [6.45, 7) is 4.36. The number of benzene rings is 3. The molecule has 0 bridgehead atoms. The van der Waals surface area contributed by atoms with Crippen molar-refractivity contribution >= 4 is 35.0 Å². The molecule has 4 aliphatic heterocycles. The Kier molecular flexibility index (Phi) is 8.07. The molecule has 1 N–H and O–H groups in total. The third-order valence-corrected chi connectivity index (χ3v) is 10.6. The van der Waals surface area contributed by atoms with Crippen molar-refractivity contribution in [2.45, 2.75) is 50.1 Å². The molecule has 3 amide bonds. The predicted molar refractivity (Wildman–Crippen MR) is 179 cm³/mol. The third kappa shape index (κ3) is 4.84. The van der Waals surface area contributed by atoms with E-state index in [0.717, 1.165) is 11.1 Å². The second-order valence-corrected chi connectivity index (χ2v) is 13.2. The zero-order valence-corrected chi connectivity index (χ0v) is 27.2. The van der Waals surface area contributed by atoms with Gasteiger partial charge in [0.15, 0.2) is 0 Å². The van der Waals surface area contributed by atoms with Gasteiger partial charge in [0.05, 0.1) is 40.8 Å². The number of hydrogen-bond acceptors (Lipinski definition) is 5. The summed E-state index contributed by atoms with van der Waals surface area (Å²) in [6, 6.07) is 22.4. The molecule has 6 atom stereocenters. The number of anilines is 1. The number of aliphatic hydroxyl groups excluding tert-OH is 1. The molecule has 1 unspecified atom stereocenters. The van der Waals surface area contributed by atoms with Gasteiger partial charge in [-0.2, -0.15) is 0 Å². The van der Waals surface area contributed by atoms with Crippen LogP contribution in [0.3, 0.4) is 0 Å². The first-order valence-corrected chi connectivity index (χ1v) is 16.6. The van der Waals surface area contributed by atoms with Crippen molar-refractivity contribution in [3.8, 4) is 0 Å². The van der Waals surface area contributed by atoms with Gasteiger partial charge in [-0.05, 0) is 36.1 Å². The molecule has 2 saturated heterocycles. The lowest BCUT2D eigenvalue weighted by Crippen LogP contribution is -2.57. The van der Waals surface area contributed by atoms with Gasteiger partial charge in [-0.25, -0.2) is 0 Å². The summed E-state index contributed by atoms with van der Waals surface area (Å²) >= 11 is 6.72. The highest BCUT2D eigenvalue weighted by Crippen LogP contribution is 2.60. The fraction of sp³-hybridized carbons (Fsp3) is 0.342. The Morgan fingerprint density at radius 1 is 0.872 bits per heavy atom.